The van der Waals surface area contributed by atoms with Crippen LogP contribution in [0.3, 0.4) is 0 Å². The molecule has 1 aromatic heterocycles. The van der Waals surface area contributed by atoms with Crippen molar-refractivity contribution in [1.82, 2.24) is 4.98 Å². The summed E-state index contributed by atoms with van der Waals surface area (Å²) in [5.74, 6) is -0.609. The Bertz CT molecular complexity index is 625. The van der Waals surface area contributed by atoms with Gasteiger partial charge in [0.25, 0.3) is 0 Å². The van der Waals surface area contributed by atoms with Gasteiger partial charge in [-0.05, 0) is 38.0 Å². The van der Waals surface area contributed by atoms with Gasteiger partial charge in [-0.25, -0.2) is 14.2 Å². The van der Waals surface area contributed by atoms with Crippen molar-refractivity contribution in [2.24, 2.45) is 0 Å². The van der Waals surface area contributed by atoms with Crippen LogP contribution in [0.5, 0.6) is 0 Å². The van der Waals surface area contributed by atoms with Gasteiger partial charge in [-0.1, -0.05) is 23.5 Å². The molecule has 1 unspecified atom stereocenters. The summed E-state index contributed by atoms with van der Waals surface area (Å²) < 4.78 is 17.6. The van der Waals surface area contributed by atoms with Crippen LogP contribution in [-0.4, -0.2) is 24.1 Å². The molecule has 1 atom stereocenters. The Hall–Kier alpha value is -1.95. The summed E-state index contributed by atoms with van der Waals surface area (Å²) >= 11 is 1.28. The highest BCUT2D eigenvalue weighted by Gasteiger charge is 2.16. The quantitative estimate of drug-likeness (QED) is 0.860. The van der Waals surface area contributed by atoms with Crippen LogP contribution in [0.1, 0.15) is 27.9 Å². The average Bonchev–Trinajstić information content (AvgIpc) is 2.81. The predicted octanol–water partition coefficient (Wildman–Crippen LogP) is 3.42. The average molecular weight is 308 g/mol. The molecule has 0 saturated carbocycles. The third-order valence-corrected chi connectivity index (χ3v) is 4.06. The Morgan fingerprint density at radius 2 is 2.10 bits per heavy atom. The number of halogens is 1. The van der Waals surface area contributed by atoms with Crippen LogP contribution in [0.4, 0.5) is 9.52 Å². The zero-order chi connectivity index (χ0) is 15.4. The van der Waals surface area contributed by atoms with Crippen LogP contribution < -0.4 is 5.32 Å². The molecule has 0 aliphatic rings. The lowest BCUT2D eigenvalue weighted by Gasteiger charge is -2.12. The monoisotopic (exact) mass is 308 g/mol. The van der Waals surface area contributed by atoms with Crippen molar-refractivity contribution in [2.45, 2.75) is 26.3 Å². The lowest BCUT2D eigenvalue weighted by atomic mass is 10.1. The van der Waals surface area contributed by atoms with Gasteiger partial charge < -0.3 is 10.1 Å². The van der Waals surface area contributed by atoms with Crippen LogP contribution in [0.2, 0.25) is 0 Å². The summed E-state index contributed by atoms with van der Waals surface area (Å²) in [5, 5.41) is 3.93. The molecule has 4 nitrogen and oxygen atoms in total. The van der Waals surface area contributed by atoms with Gasteiger partial charge in [0.05, 0.1) is 12.8 Å². The van der Waals surface area contributed by atoms with Gasteiger partial charge >= 0.3 is 5.97 Å². The molecule has 1 heterocycles. The molecule has 1 N–H and O–H groups in total. The first-order valence-corrected chi connectivity index (χ1v) is 7.38. The Morgan fingerprint density at radius 1 is 1.43 bits per heavy atom. The molecule has 0 fully saturated rings. The standard InChI is InChI=1S/C15H17FN2O2S/c1-9(8-11-4-6-12(16)7-5-11)17-15-18-10(2)13(21-15)14(19)20-3/h4-7,9H,8H2,1-3H3,(H,17,18). The lowest BCUT2D eigenvalue weighted by molar-refractivity contribution is 0.0605. The molecule has 0 radical (unpaired) electrons. The molecule has 0 saturated heterocycles. The zero-order valence-electron chi connectivity index (χ0n) is 12.1. The second kappa shape index (κ2) is 6.67. The van der Waals surface area contributed by atoms with E-state index in [1.807, 2.05) is 6.92 Å². The highest BCUT2D eigenvalue weighted by molar-refractivity contribution is 7.17. The van der Waals surface area contributed by atoms with Crippen LogP contribution >= 0.6 is 11.3 Å². The Labute approximate surface area is 127 Å². The number of aryl methyl sites for hydroxylation is 1. The van der Waals surface area contributed by atoms with Crippen LogP contribution in [0.15, 0.2) is 24.3 Å². The molecular weight excluding hydrogens is 291 g/mol. The number of esters is 1. The molecule has 0 amide bonds. The Balaban J connectivity index is 2.01. The highest BCUT2D eigenvalue weighted by atomic mass is 32.1. The summed E-state index contributed by atoms with van der Waals surface area (Å²) in [7, 11) is 1.35. The van der Waals surface area contributed by atoms with E-state index in [0.717, 1.165) is 12.0 Å². The van der Waals surface area contributed by atoms with E-state index < -0.39 is 0 Å². The number of ether oxygens (including phenoxy) is 1. The summed E-state index contributed by atoms with van der Waals surface area (Å²) in [6.45, 7) is 3.79. The van der Waals surface area contributed by atoms with Gasteiger partial charge in [-0.3, -0.25) is 0 Å². The predicted molar refractivity (Wildman–Crippen MR) is 81.4 cm³/mol. The van der Waals surface area contributed by atoms with E-state index in [-0.39, 0.29) is 17.8 Å². The maximum Gasteiger partial charge on any atom is 0.350 e. The summed E-state index contributed by atoms with van der Waals surface area (Å²) in [6.07, 6.45) is 0.743. The third-order valence-electron chi connectivity index (χ3n) is 2.99. The van der Waals surface area contributed by atoms with Crippen molar-refractivity contribution in [3.63, 3.8) is 0 Å². The van der Waals surface area contributed by atoms with E-state index in [0.29, 0.717) is 15.7 Å². The van der Waals surface area contributed by atoms with Gasteiger partial charge in [0.15, 0.2) is 5.13 Å². The second-order valence-electron chi connectivity index (χ2n) is 4.80. The van der Waals surface area contributed by atoms with Crippen molar-refractivity contribution >= 4 is 22.4 Å². The first-order chi connectivity index (χ1) is 9.99. The Morgan fingerprint density at radius 3 is 2.71 bits per heavy atom. The van der Waals surface area contributed by atoms with Gasteiger partial charge in [-0.2, -0.15) is 0 Å². The molecule has 2 rings (SSSR count). The number of thiazole rings is 1. The molecule has 0 aliphatic carbocycles. The zero-order valence-corrected chi connectivity index (χ0v) is 13.0. The summed E-state index contributed by atoms with van der Waals surface area (Å²) in [5.41, 5.74) is 1.70. The fraction of sp³-hybridized carbons (Fsp3) is 0.333. The number of carbonyl (C=O) groups excluding carboxylic acids is 1. The highest BCUT2D eigenvalue weighted by Crippen LogP contribution is 2.24. The largest absolute Gasteiger partial charge is 0.465 e. The molecule has 0 bridgehead atoms. The van der Waals surface area contributed by atoms with Crippen molar-refractivity contribution in [1.29, 1.82) is 0 Å². The maximum absolute atomic E-state index is 12.9. The summed E-state index contributed by atoms with van der Waals surface area (Å²) in [4.78, 5) is 16.4. The summed E-state index contributed by atoms with van der Waals surface area (Å²) in [6, 6.07) is 6.54. The number of hydrogen-bond donors (Lipinski definition) is 1. The van der Waals surface area contributed by atoms with Crippen molar-refractivity contribution in [2.75, 3.05) is 12.4 Å². The molecule has 1 aromatic carbocycles. The topological polar surface area (TPSA) is 51.2 Å². The fourth-order valence-corrected chi connectivity index (χ4v) is 2.97. The van der Waals surface area contributed by atoms with Crippen molar-refractivity contribution < 1.29 is 13.9 Å². The lowest BCUT2D eigenvalue weighted by Crippen LogP contribution is -2.17. The minimum Gasteiger partial charge on any atom is -0.465 e. The van der Waals surface area contributed by atoms with Crippen molar-refractivity contribution in [3.8, 4) is 0 Å². The minimum absolute atomic E-state index is 0.117. The number of nitrogens with zero attached hydrogens (tertiary/aromatic N) is 1. The first-order valence-electron chi connectivity index (χ1n) is 6.56. The first kappa shape index (κ1) is 15.4. The molecular formula is C15H17FN2O2S. The van der Waals surface area contributed by atoms with E-state index in [1.54, 1.807) is 19.1 Å². The number of anilines is 1. The molecule has 6 heteroatoms. The number of benzene rings is 1. The number of methoxy groups -OCH3 is 1. The Kier molecular flexibility index (Phi) is 4.90. The number of rotatable bonds is 5. The van der Waals surface area contributed by atoms with E-state index in [9.17, 15) is 9.18 Å². The van der Waals surface area contributed by atoms with Crippen LogP contribution in [0.25, 0.3) is 0 Å². The molecule has 2 aromatic rings. The van der Waals surface area contributed by atoms with Gasteiger partial charge in [-0.15, -0.1) is 0 Å². The SMILES string of the molecule is COC(=O)c1sc(NC(C)Cc2ccc(F)cc2)nc1C. The van der Waals surface area contributed by atoms with E-state index in [2.05, 4.69) is 10.3 Å². The normalized spacial score (nSPS) is 12.0. The number of nitrogens with one attached hydrogen (secondary N) is 1. The van der Waals surface area contributed by atoms with Crippen LogP contribution in [0, 0.1) is 12.7 Å². The molecule has 21 heavy (non-hydrogen) atoms. The smallest absolute Gasteiger partial charge is 0.350 e. The van der Waals surface area contributed by atoms with E-state index in [1.165, 1.54) is 30.6 Å². The van der Waals surface area contributed by atoms with E-state index >= 15 is 0 Å². The maximum atomic E-state index is 12.9. The molecule has 0 aliphatic heterocycles. The number of aromatic nitrogens is 1. The van der Waals surface area contributed by atoms with Crippen LogP contribution in [-0.2, 0) is 11.2 Å². The van der Waals surface area contributed by atoms with Gasteiger partial charge in [0.1, 0.15) is 10.7 Å². The fourth-order valence-electron chi connectivity index (χ4n) is 1.98. The third kappa shape index (κ3) is 4.01. The number of carbonyl (C=O) groups is 1. The van der Waals surface area contributed by atoms with Crippen molar-refractivity contribution in [3.05, 3.63) is 46.2 Å². The minimum atomic E-state index is -0.371. The van der Waals surface area contributed by atoms with Gasteiger partial charge in [0.2, 0.25) is 0 Å². The number of hydrogen-bond acceptors (Lipinski definition) is 5. The van der Waals surface area contributed by atoms with E-state index in [4.69, 9.17) is 4.74 Å². The molecule has 0 spiro atoms. The molecule has 112 valence electrons. The van der Waals surface area contributed by atoms with Gasteiger partial charge in [0, 0.05) is 6.04 Å². The second-order valence-corrected chi connectivity index (χ2v) is 5.80.